The van der Waals surface area contributed by atoms with Gasteiger partial charge in [-0.05, 0) is 40.5 Å². The normalized spacial score (nSPS) is 11.1. The van der Waals surface area contributed by atoms with Gasteiger partial charge in [-0.3, -0.25) is 4.79 Å². The van der Waals surface area contributed by atoms with Crippen molar-refractivity contribution in [2.75, 3.05) is 5.88 Å². The molecule has 0 radical (unpaired) electrons. The van der Waals surface area contributed by atoms with Crippen molar-refractivity contribution in [3.63, 3.8) is 0 Å². The monoisotopic (exact) mass is 296 g/mol. The van der Waals surface area contributed by atoms with Crippen LogP contribution >= 0.6 is 11.6 Å². The molecule has 0 aliphatic carbocycles. The quantitative estimate of drug-likeness (QED) is 0.260. The Kier molecular flexibility index (Phi) is 4.21. The second-order valence-electron chi connectivity index (χ2n) is 5.26. The molecule has 0 spiro atoms. The molecule has 0 fully saturated rings. The zero-order valence-corrected chi connectivity index (χ0v) is 12.6. The van der Waals surface area contributed by atoms with Crippen LogP contribution in [0.25, 0.3) is 21.5 Å². The Labute approximate surface area is 129 Å². The first-order chi connectivity index (χ1) is 10.3. The third kappa shape index (κ3) is 2.79. The number of unbranched alkanes of at least 4 members (excludes halogenated alkanes) is 1. The fourth-order valence-electron chi connectivity index (χ4n) is 2.82. The molecular formula is C19H17ClO. The first-order valence-corrected chi connectivity index (χ1v) is 7.84. The minimum atomic E-state index is 0.216. The number of rotatable bonds is 5. The van der Waals surface area contributed by atoms with E-state index in [0.717, 1.165) is 39.9 Å². The van der Waals surface area contributed by atoms with Crippen LogP contribution in [0.2, 0.25) is 0 Å². The zero-order valence-electron chi connectivity index (χ0n) is 11.8. The van der Waals surface area contributed by atoms with Gasteiger partial charge in [0, 0.05) is 17.9 Å². The van der Waals surface area contributed by atoms with Gasteiger partial charge in [0.2, 0.25) is 0 Å². The number of halogens is 1. The van der Waals surface area contributed by atoms with E-state index in [1.165, 1.54) is 0 Å². The number of ketones is 1. The van der Waals surface area contributed by atoms with Crippen LogP contribution < -0.4 is 0 Å². The van der Waals surface area contributed by atoms with Crippen molar-refractivity contribution < 1.29 is 4.79 Å². The first-order valence-electron chi connectivity index (χ1n) is 7.31. The molecular weight excluding hydrogens is 280 g/mol. The molecule has 3 aromatic rings. The summed E-state index contributed by atoms with van der Waals surface area (Å²) in [7, 11) is 0. The number of carbonyl (C=O) groups is 1. The molecule has 2 heteroatoms. The van der Waals surface area contributed by atoms with Gasteiger partial charge in [-0.15, -0.1) is 11.6 Å². The number of hydrogen-bond acceptors (Lipinski definition) is 1. The van der Waals surface area contributed by atoms with E-state index in [-0.39, 0.29) is 5.78 Å². The summed E-state index contributed by atoms with van der Waals surface area (Å²) in [6.07, 6.45) is 2.29. The highest BCUT2D eigenvalue weighted by Gasteiger charge is 2.14. The maximum absolute atomic E-state index is 12.7. The number of carbonyl (C=O) groups excluding carboxylic acids is 1. The van der Waals surface area contributed by atoms with E-state index in [0.29, 0.717) is 12.3 Å². The molecule has 1 nitrogen and oxygen atoms in total. The summed E-state index contributed by atoms with van der Waals surface area (Å²) in [6, 6.07) is 18.4. The molecule has 0 atom stereocenters. The average molecular weight is 297 g/mol. The number of hydrogen-bond donors (Lipinski definition) is 0. The van der Waals surface area contributed by atoms with Crippen molar-refractivity contribution in [3.8, 4) is 0 Å². The van der Waals surface area contributed by atoms with Crippen LogP contribution in [0.4, 0.5) is 0 Å². The maximum atomic E-state index is 12.7. The standard InChI is InChI=1S/C19H17ClO/c20-12-6-5-11-18(21)19-16-9-3-1-7-14(16)13-15-8-2-4-10-17(15)19/h1-4,7-10,13H,5-6,11-12H2. The number of benzene rings is 3. The predicted octanol–water partition coefficient (Wildman–Crippen LogP) is 5.58. The van der Waals surface area contributed by atoms with Crippen molar-refractivity contribution in [1.29, 1.82) is 0 Å². The van der Waals surface area contributed by atoms with Gasteiger partial charge >= 0.3 is 0 Å². The molecule has 0 bridgehead atoms. The molecule has 0 amide bonds. The molecule has 0 aliphatic rings. The van der Waals surface area contributed by atoms with Crippen LogP contribution in [-0.4, -0.2) is 11.7 Å². The fraction of sp³-hybridized carbons (Fsp3) is 0.211. The summed E-state index contributed by atoms with van der Waals surface area (Å²) in [5.41, 5.74) is 0.860. The van der Waals surface area contributed by atoms with Crippen molar-refractivity contribution in [2.24, 2.45) is 0 Å². The van der Waals surface area contributed by atoms with Gasteiger partial charge in [-0.25, -0.2) is 0 Å². The summed E-state index contributed by atoms with van der Waals surface area (Å²) < 4.78 is 0. The molecule has 0 heterocycles. The van der Waals surface area contributed by atoms with Gasteiger partial charge in [0.1, 0.15) is 0 Å². The maximum Gasteiger partial charge on any atom is 0.164 e. The van der Waals surface area contributed by atoms with Crippen LogP contribution in [0.5, 0.6) is 0 Å². The van der Waals surface area contributed by atoms with Crippen molar-refractivity contribution in [1.82, 2.24) is 0 Å². The van der Waals surface area contributed by atoms with Crippen LogP contribution in [0.1, 0.15) is 29.6 Å². The second-order valence-corrected chi connectivity index (χ2v) is 5.64. The average Bonchev–Trinajstić information content (AvgIpc) is 2.52. The van der Waals surface area contributed by atoms with E-state index in [2.05, 4.69) is 18.2 Å². The molecule has 0 aliphatic heterocycles. The number of Topliss-reactive ketones (excluding diaryl/α,β-unsaturated/α-hetero) is 1. The molecule has 0 saturated carbocycles. The van der Waals surface area contributed by atoms with Gasteiger partial charge in [0.25, 0.3) is 0 Å². The number of alkyl halides is 1. The van der Waals surface area contributed by atoms with Gasteiger partial charge in [0.15, 0.2) is 5.78 Å². The molecule has 0 saturated heterocycles. The predicted molar refractivity (Wildman–Crippen MR) is 90.4 cm³/mol. The lowest BCUT2D eigenvalue weighted by atomic mass is 9.92. The smallest absolute Gasteiger partial charge is 0.164 e. The van der Waals surface area contributed by atoms with Crippen molar-refractivity contribution in [2.45, 2.75) is 19.3 Å². The molecule has 21 heavy (non-hydrogen) atoms. The third-order valence-electron chi connectivity index (χ3n) is 3.84. The molecule has 106 valence electrons. The zero-order chi connectivity index (χ0) is 14.7. The van der Waals surface area contributed by atoms with Crippen LogP contribution in [0, 0.1) is 0 Å². The number of fused-ring (bicyclic) bond motifs is 2. The SMILES string of the molecule is O=C(CCCCCl)c1c2ccccc2cc2ccccc12. The van der Waals surface area contributed by atoms with Gasteiger partial charge in [0.05, 0.1) is 0 Å². The first kappa shape index (κ1) is 14.1. The highest BCUT2D eigenvalue weighted by atomic mass is 35.5. The lowest BCUT2D eigenvalue weighted by molar-refractivity contribution is 0.0983. The molecule has 0 unspecified atom stereocenters. The minimum absolute atomic E-state index is 0.216. The van der Waals surface area contributed by atoms with E-state index in [1.54, 1.807) is 0 Å². The van der Waals surface area contributed by atoms with Crippen molar-refractivity contribution >= 4 is 38.9 Å². The highest BCUT2D eigenvalue weighted by molar-refractivity contribution is 6.19. The van der Waals surface area contributed by atoms with Gasteiger partial charge < -0.3 is 0 Å². The molecule has 3 aromatic carbocycles. The summed E-state index contributed by atoms with van der Waals surface area (Å²) in [4.78, 5) is 12.7. The second kappa shape index (κ2) is 6.28. The Morgan fingerprint density at radius 1 is 0.857 bits per heavy atom. The van der Waals surface area contributed by atoms with Crippen molar-refractivity contribution in [3.05, 3.63) is 60.2 Å². The Hall–Kier alpha value is -1.86. The lowest BCUT2D eigenvalue weighted by Gasteiger charge is -2.10. The topological polar surface area (TPSA) is 17.1 Å². The molecule has 0 N–H and O–H groups in total. The van der Waals surface area contributed by atoms with E-state index in [1.807, 2.05) is 36.4 Å². The van der Waals surface area contributed by atoms with E-state index >= 15 is 0 Å². The van der Waals surface area contributed by atoms with Gasteiger partial charge in [-0.2, -0.15) is 0 Å². The lowest BCUT2D eigenvalue weighted by Crippen LogP contribution is -2.02. The summed E-state index contributed by atoms with van der Waals surface area (Å²) in [6.45, 7) is 0. The summed E-state index contributed by atoms with van der Waals surface area (Å²) >= 11 is 5.71. The van der Waals surface area contributed by atoms with Crippen LogP contribution in [0.15, 0.2) is 54.6 Å². The largest absolute Gasteiger partial charge is 0.294 e. The Balaban J connectivity index is 2.18. The minimum Gasteiger partial charge on any atom is -0.294 e. The molecule has 3 rings (SSSR count). The summed E-state index contributed by atoms with van der Waals surface area (Å²) in [5, 5.41) is 4.34. The summed E-state index contributed by atoms with van der Waals surface area (Å²) in [5.74, 6) is 0.830. The third-order valence-corrected chi connectivity index (χ3v) is 4.10. The Morgan fingerprint density at radius 3 is 2.00 bits per heavy atom. The van der Waals surface area contributed by atoms with Crippen LogP contribution in [-0.2, 0) is 0 Å². The van der Waals surface area contributed by atoms with E-state index in [4.69, 9.17) is 11.6 Å². The Bertz CT molecular complexity index is 738. The Morgan fingerprint density at radius 2 is 1.43 bits per heavy atom. The fourth-order valence-corrected chi connectivity index (χ4v) is 3.01. The van der Waals surface area contributed by atoms with Gasteiger partial charge in [-0.1, -0.05) is 48.5 Å². The molecule has 0 aromatic heterocycles. The van der Waals surface area contributed by atoms with Crippen LogP contribution in [0.3, 0.4) is 0 Å². The van der Waals surface area contributed by atoms with E-state index in [9.17, 15) is 4.79 Å². The highest BCUT2D eigenvalue weighted by Crippen LogP contribution is 2.29. The van der Waals surface area contributed by atoms with E-state index < -0.39 is 0 Å².